The van der Waals surface area contributed by atoms with E-state index in [9.17, 15) is 10.2 Å². The van der Waals surface area contributed by atoms with Crippen LogP contribution in [0, 0.1) is 0 Å². The maximum absolute atomic E-state index is 10.6. The predicted octanol–water partition coefficient (Wildman–Crippen LogP) is 4.06. The zero-order chi connectivity index (χ0) is 19.1. The summed E-state index contributed by atoms with van der Waals surface area (Å²) in [5, 5.41) is 20.7. The van der Waals surface area contributed by atoms with E-state index >= 15 is 0 Å². The molecule has 0 bridgehead atoms. The number of rotatable bonds is 4. The summed E-state index contributed by atoms with van der Waals surface area (Å²) in [5.74, 6) is 0. The van der Waals surface area contributed by atoms with E-state index in [-0.39, 0.29) is 16.2 Å². The van der Waals surface area contributed by atoms with Gasteiger partial charge in [-0.15, -0.1) is 0 Å². The number of aliphatic hydroxyl groups excluding tert-OH is 2. The lowest BCUT2D eigenvalue weighted by atomic mass is 9.96. The van der Waals surface area contributed by atoms with E-state index in [0.717, 1.165) is 0 Å². The number of hydrogen-bond acceptors (Lipinski definition) is 4. The topological polar surface area (TPSA) is 58.9 Å². The SMILES string of the molecule is CC(C)(C)[Si](C)(C)O[C@@H]1[C@@H](O)[C@H](O)C=C[C@@H]1O[Si](C)(C)C(C)(C)C. The maximum atomic E-state index is 10.6. The monoisotopic (exact) mass is 374 g/mol. The van der Waals surface area contributed by atoms with Gasteiger partial charge in [0.25, 0.3) is 0 Å². The normalized spacial score (nSPS) is 29.8. The highest BCUT2D eigenvalue weighted by atomic mass is 28.4. The van der Waals surface area contributed by atoms with Gasteiger partial charge < -0.3 is 19.1 Å². The van der Waals surface area contributed by atoms with Crippen LogP contribution in [-0.4, -0.2) is 51.3 Å². The van der Waals surface area contributed by atoms with E-state index in [0.29, 0.717) is 0 Å². The molecule has 0 aliphatic heterocycles. The van der Waals surface area contributed by atoms with Crippen molar-refractivity contribution in [2.45, 2.75) is 102 Å². The van der Waals surface area contributed by atoms with Gasteiger partial charge in [0.2, 0.25) is 0 Å². The summed E-state index contributed by atoms with van der Waals surface area (Å²) < 4.78 is 13.0. The fraction of sp³-hybridized carbons (Fsp3) is 0.889. The Bertz CT molecular complexity index is 461. The Morgan fingerprint density at radius 3 is 1.58 bits per heavy atom. The molecule has 142 valence electrons. The summed E-state index contributed by atoms with van der Waals surface area (Å²) in [7, 11) is -4.11. The van der Waals surface area contributed by atoms with Gasteiger partial charge in [-0.1, -0.05) is 53.7 Å². The maximum Gasteiger partial charge on any atom is 0.193 e. The van der Waals surface area contributed by atoms with Crippen LogP contribution in [0.4, 0.5) is 0 Å². The van der Waals surface area contributed by atoms with Crippen LogP contribution in [0.5, 0.6) is 0 Å². The molecule has 0 saturated heterocycles. The fourth-order valence-corrected chi connectivity index (χ4v) is 4.67. The van der Waals surface area contributed by atoms with Crippen LogP contribution in [-0.2, 0) is 8.85 Å². The molecular formula is C18H38O4Si2. The standard InChI is InChI=1S/C18H38O4Si2/c1-17(2,3)23(7,8)21-14-12-11-13(19)15(20)16(14)22-24(9,10)18(4,5)6/h11-16,19-20H,1-10H3/t13-,14+,15+,16+/m1/s1. The molecule has 24 heavy (non-hydrogen) atoms. The highest BCUT2D eigenvalue weighted by Gasteiger charge is 2.47. The first kappa shape index (κ1) is 22.1. The molecule has 1 aliphatic rings. The molecule has 4 atom stereocenters. The van der Waals surface area contributed by atoms with Crippen molar-refractivity contribution in [2.75, 3.05) is 0 Å². The van der Waals surface area contributed by atoms with Crippen molar-refractivity contribution in [1.82, 2.24) is 0 Å². The second-order valence-corrected chi connectivity index (χ2v) is 19.6. The van der Waals surface area contributed by atoms with Crippen molar-refractivity contribution in [2.24, 2.45) is 0 Å². The van der Waals surface area contributed by atoms with Gasteiger partial charge in [0.15, 0.2) is 16.6 Å². The van der Waals surface area contributed by atoms with Gasteiger partial charge >= 0.3 is 0 Å². The van der Waals surface area contributed by atoms with Gasteiger partial charge in [-0.2, -0.15) is 0 Å². The first-order valence-electron chi connectivity index (χ1n) is 8.90. The van der Waals surface area contributed by atoms with Crippen molar-refractivity contribution in [3.8, 4) is 0 Å². The molecule has 0 unspecified atom stereocenters. The lowest BCUT2D eigenvalue weighted by molar-refractivity contribution is -0.0784. The predicted molar refractivity (Wildman–Crippen MR) is 105 cm³/mol. The largest absolute Gasteiger partial charge is 0.408 e. The summed E-state index contributed by atoms with van der Waals surface area (Å²) in [6.45, 7) is 21.8. The summed E-state index contributed by atoms with van der Waals surface area (Å²) in [5.41, 5.74) is 0. The fourth-order valence-electron chi connectivity index (χ4n) is 2.11. The van der Waals surface area contributed by atoms with E-state index in [1.807, 2.05) is 6.08 Å². The third kappa shape index (κ3) is 4.80. The summed E-state index contributed by atoms with van der Waals surface area (Å²) in [4.78, 5) is 0. The molecule has 0 radical (unpaired) electrons. The number of hydrogen-bond donors (Lipinski definition) is 2. The van der Waals surface area contributed by atoms with Gasteiger partial charge in [-0.25, -0.2) is 0 Å². The van der Waals surface area contributed by atoms with Crippen LogP contribution in [0.2, 0.25) is 36.3 Å². The lowest BCUT2D eigenvalue weighted by Gasteiger charge is -2.47. The Morgan fingerprint density at radius 2 is 1.17 bits per heavy atom. The second-order valence-electron chi connectivity index (χ2n) is 10.1. The van der Waals surface area contributed by atoms with Gasteiger partial charge in [-0.05, 0) is 36.3 Å². The third-order valence-corrected chi connectivity index (χ3v) is 14.9. The van der Waals surface area contributed by atoms with Crippen LogP contribution in [0.1, 0.15) is 41.5 Å². The molecule has 6 heteroatoms. The Balaban J connectivity index is 3.11. The minimum Gasteiger partial charge on any atom is -0.408 e. The Morgan fingerprint density at radius 1 is 0.750 bits per heavy atom. The van der Waals surface area contributed by atoms with Crippen LogP contribution in [0.25, 0.3) is 0 Å². The summed E-state index contributed by atoms with van der Waals surface area (Å²) in [6, 6.07) is 0. The lowest BCUT2D eigenvalue weighted by Crippen LogP contribution is -2.58. The van der Waals surface area contributed by atoms with Crippen molar-refractivity contribution in [3.05, 3.63) is 12.2 Å². The summed E-state index contributed by atoms with van der Waals surface area (Å²) >= 11 is 0. The molecular weight excluding hydrogens is 336 g/mol. The van der Waals surface area contributed by atoms with Crippen LogP contribution in [0.15, 0.2) is 12.2 Å². The van der Waals surface area contributed by atoms with E-state index in [2.05, 4.69) is 67.7 Å². The quantitative estimate of drug-likeness (QED) is 0.575. The van der Waals surface area contributed by atoms with E-state index < -0.39 is 34.9 Å². The molecule has 0 heterocycles. The van der Waals surface area contributed by atoms with Crippen LogP contribution >= 0.6 is 0 Å². The van der Waals surface area contributed by atoms with Gasteiger partial charge in [-0.3, -0.25) is 0 Å². The molecule has 0 saturated carbocycles. The first-order chi connectivity index (χ1) is 10.5. The molecule has 0 amide bonds. The molecule has 4 nitrogen and oxygen atoms in total. The molecule has 0 spiro atoms. The Kier molecular flexibility index (Phi) is 6.40. The summed E-state index contributed by atoms with van der Waals surface area (Å²) in [6.07, 6.45) is 0.792. The molecule has 0 fully saturated rings. The minimum absolute atomic E-state index is 0.0281. The molecule has 2 N–H and O–H groups in total. The second kappa shape index (κ2) is 6.97. The molecule has 1 aliphatic carbocycles. The van der Waals surface area contributed by atoms with Crippen molar-refractivity contribution >= 4 is 16.6 Å². The highest BCUT2D eigenvalue weighted by Crippen LogP contribution is 2.41. The first-order valence-corrected chi connectivity index (χ1v) is 14.7. The molecule has 0 aromatic rings. The van der Waals surface area contributed by atoms with Gasteiger partial charge in [0.1, 0.15) is 18.3 Å². The molecule has 0 aromatic heterocycles. The third-order valence-electron chi connectivity index (χ3n) is 5.98. The Hall–Kier alpha value is 0.0138. The molecule has 0 aromatic carbocycles. The minimum atomic E-state index is -2.10. The van der Waals surface area contributed by atoms with E-state index in [1.54, 1.807) is 6.08 Å². The smallest absolute Gasteiger partial charge is 0.193 e. The van der Waals surface area contributed by atoms with Crippen molar-refractivity contribution < 1.29 is 19.1 Å². The zero-order valence-corrected chi connectivity index (χ0v) is 19.2. The van der Waals surface area contributed by atoms with Crippen molar-refractivity contribution in [1.29, 1.82) is 0 Å². The van der Waals surface area contributed by atoms with Gasteiger partial charge in [0, 0.05) is 0 Å². The average molecular weight is 375 g/mol. The molecule has 1 rings (SSSR count). The van der Waals surface area contributed by atoms with E-state index in [1.165, 1.54) is 0 Å². The van der Waals surface area contributed by atoms with Crippen molar-refractivity contribution in [3.63, 3.8) is 0 Å². The number of aliphatic hydroxyl groups is 2. The van der Waals surface area contributed by atoms with Crippen LogP contribution in [0.3, 0.4) is 0 Å². The zero-order valence-electron chi connectivity index (χ0n) is 17.2. The highest BCUT2D eigenvalue weighted by molar-refractivity contribution is 6.74. The van der Waals surface area contributed by atoms with E-state index in [4.69, 9.17) is 8.85 Å². The average Bonchev–Trinajstić information content (AvgIpc) is 2.35. The van der Waals surface area contributed by atoms with Gasteiger partial charge in [0.05, 0.1) is 6.10 Å². The Labute approximate surface area is 150 Å². The van der Waals surface area contributed by atoms with Crippen LogP contribution < -0.4 is 0 Å².